The van der Waals surface area contributed by atoms with Crippen LogP contribution in [0.5, 0.6) is 0 Å². The summed E-state index contributed by atoms with van der Waals surface area (Å²) < 4.78 is 24.8. The first-order valence-corrected chi connectivity index (χ1v) is 6.66. The van der Waals surface area contributed by atoms with E-state index in [9.17, 15) is 8.42 Å². The molecule has 0 spiro atoms. The smallest absolute Gasteiger partial charge is 0.229 e. The maximum atomic E-state index is 11.1. The van der Waals surface area contributed by atoms with Gasteiger partial charge in [0, 0.05) is 5.54 Å². The van der Waals surface area contributed by atoms with Crippen LogP contribution in [0.1, 0.15) is 18.4 Å². The maximum absolute atomic E-state index is 11.1. The van der Waals surface area contributed by atoms with Gasteiger partial charge in [-0.05, 0) is 24.5 Å². The van der Waals surface area contributed by atoms with Gasteiger partial charge in [-0.2, -0.15) is 0 Å². The molecular weight excluding hydrogens is 212 g/mol. The normalized spacial score (nSPS) is 18.5. The summed E-state index contributed by atoms with van der Waals surface area (Å²) in [7, 11) is -3.24. The Morgan fingerprint density at radius 1 is 1.33 bits per heavy atom. The summed E-state index contributed by atoms with van der Waals surface area (Å²) in [6, 6.07) is 7.28. The molecule has 0 bridgehead atoms. The minimum atomic E-state index is -3.24. The van der Waals surface area contributed by atoms with Gasteiger partial charge in [-0.3, -0.25) is 4.72 Å². The first kappa shape index (κ1) is 10.4. The predicted octanol–water partition coefficient (Wildman–Crippen LogP) is 1.01. The fraction of sp³-hybridized carbons (Fsp3) is 0.400. The topological polar surface area (TPSA) is 72.2 Å². The Balaban J connectivity index is 2.39. The van der Waals surface area contributed by atoms with Crippen LogP contribution >= 0.6 is 0 Å². The van der Waals surface area contributed by atoms with Gasteiger partial charge in [0.2, 0.25) is 10.0 Å². The molecule has 0 radical (unpaired) electrons. The van der Waals surface area contributed by atoms with E-state index in [0.717, 1.165) is 24.7 Å². The third kappa shape index (κ3) is 2.30. The first-order valence-electron chi connectivity index (χ1n) is 4.77. The van der Waals surface area contributed by atoms with E-state index in [1.807, 2.05) is 12.1 Å². The summed E-state index contributed by atoms with van der Waals surface area (Å²) in [5, 5.41) is 0. The lowest BCUT2D eigenvalue weighted by atomic mass is 10.0. The number of rotatable bonds is 3. The van der Waals surface area contributed by atoms with Gasteiger partial charge in [0.1, 0.15) is 0 Å². The zero-order valence-corrected chi connectivity index (χ0v) is 9.34. The molecule has 0 atom stereocenters. The van der Waals surface area contributed by atoms with E-state index in [1.165, 1.54) is 0 Å². The molecule has 4 nitrogen and oxygen atoms in total. The second kappa shape index (κ2) is 3.21. The van der Waals surface area contributed by atoms with Gasteiger partial charge in [-0.25, -0.2) is 8.42 Å². The van der Waals surface area contributed by atoms with Crippen molar-refractivity contribution < 1.29 is 8.42 Å². The van der Waals surface area contributed by atoms with Crippen molar-refractivity contribution in [2.45, 2.75) is 18.4 Å². The molecule has 15 heavy (non-hydrogen) atoms. The highest BCUT2D eigenvalue weighted by Crippen LogP contribution is 2.45. The molecule has 82 valence electrons. The quantitative estimate of drug-likeness (QED) is 0.807. The highest BCUT2D eigenvalue weighted by atomic mass is 32.2. The molecule has 0 heterocycles. The Labute approximate surface area is 89.5 Å². The number of para-hydroxylation sites is 1. The van der Waals surface area contributed by atoms with Gasteiger partial charge >= 0.3 is 0 Å². The molecule has 2 rings (SSSR count). The van der Waals surface area contributed by atoms with Gasteiger partial charge in [-0.15, -0.1) is 0 Å². The molecule has 3 N–H and O–H groups in total. The molecular formula is C10H14N2O2S. The van der Waals surface area contributed by atoms with Crippen molar-refractivity contribution in [3.05, 3.63) is 29.8 Å². The minimum absolute atomic E-state index is 0.325. The molecule has 1 aromatic carbocycles. The van der Waals surface area contributed by atoms with Gasteiger partial charge in [-0.1, -0.05) is 18.2 Å². The lowest BCUT2D eigenvalue weighted by Crippen LogP contribution is -2.22. The van der Waals surface area contributed by atoms with Crippen LogP contribution in [0.3, 0.4) is 0 Å². The molecule has 0 unspecified atom stereocenters. The van der Waals surface area contributed by atoms with Crippen molar-refractivity contribution in [1.82, 2.24) is 0 Å². The highest BCUT2D eigenvalue weighted by molar-refractivity contribution is 7.92. The highest BCUT2D eigenvalue weighted by Gasteiger charge is 2.41. The maximum Gasteiger partial charge on any atom is 0.229 e. The largest absolute Gasteiger partial charge is 0.321 e. The zero-order chi connectivity index (χ0) is 11.1. The van der Waals surface area contributed by atoms with Gasteiger partial charge in [0.05, 0.1) is 11.9 Å². The van der Waals surface area contributed by atoms with Crippen molar-refractivity contribution in [3.63, 3.8) is 0 Å². The third-order valence-corrected chi connectivity index (χ3v) is 3.14. The Morgan fingerprint density at radius 3 is 2.47 bits per heavy atom. The minimum Gasteiger partial charge on any atom is -0.321 e. The van der Waals surface area contributed by atoms with Crippen LogP contribution in [0.15, 0.2) is 24.3 Å². The summed E-state index contributed by atoms with van der Waals surface area (Å²) in [4.78, 5) is 0. The van der Waals surface area contributed by atoms with Crippen molar-refractivity contribution in [2.75, 3.05) is 11.0 Å². The predicted molar refractivity (Wildman–Crippen MR) is 60.0 cm³/mol. The Morgan fingerprint density at radius 2 is 1.93 bits per heavy atom. The molecule has 0 amide bonds. The van der Waals surface area contributed by atoms with E-state index in [2.05, 4.69) is 4.72 Å². The SMILES string of the molecule is CS(=O)(=O)Nc1ccccc1C1(N)CC1. The number of nitrogens with two attached hydrogens (primary N) is 1. The molecule has 1 aliphatic carbocycles. The first-order chi connectivity index (χ1) is 6.91. The van der Waals surface area contributed by atoms with Gasteiger partial charge in [0.15, 0.2) is 0 Å². The standard InChI is InChI=1S/C10H14N2O2S/c1-15(13,14)12-9-5-3-2-4-8(9)10(11)6-7-10/h2-5,12H,6-7,11H2,1H3. The lowest BCUT2D eigenvalue weighted by Gasteiger charge is -2.15. The van der Waals surface area contributed by atoms with E-state index >= 15 is 0 Å². The van der Waals surface area contributed by atoms with Gasteiger partial charge < -0.3 is 5.73 Å². The molecule has 0 aromatic heterocycles. The number of hydrogen-bond acceptors (Lipinski definition) is 3. The van der Waals surface area contributed by atoms with Gasteiger partial charge in [0.25, 0.3) is 0 Å². The third-order valence-electron chi connectivity index (χ3n) is 2.55. The van der Waals surface area contributed by atoms with E-state index in [1.54, 1.807) is 12.1 Å². The average Bonchev–Trinajstić information content (AvgIpc) is 2.83. The van der Waals surface area contributed by atoms with Crippen LogP contribution < -0.4 is 10.5 Å². The summed E-state index contributed by atoms with van der Waals surface area (Å²) in [5.41, 5.74) is 7.21. The number of benzene rings is 1. The van der Waals surface area contributed by atoms with E-state index in [-0.39, 0.29) is 5.54 Å². The Kier molecular flexibility index (Phi) is 2.24. The van der Waals surface area contributed by atoms with Crippen LogP contribution in [0, 0.1) is 0 Å². The number of hydrogen-bond donors (Lipinski definition) is 2. The van der Waals surface area contributed by atoms with E-state index in [4.69, 9.17) is 5.73 Å². The van der Waals surface area contributed by atoms with Crippen molar-refractivity contribution in [2.24, 2.45) is 5.73 Å². The van der Waals surface area contributed by atoms with Crippen molar-refractivity contribution >= 4 is 15.7 Å². The Bertz CT molecular complexity index is 478. The lowest BCUT2D eigenvalue weighted by molar-refractivity contribution is 0.606. The number of anilines is 1. The van der Waals surface area contributed by atoms with E-state index < -0.39 is 10.0 Å². The number of sulfonamides is 1. The van der Waals surface area contributed by atoms with Crippen LogP contribution in [0.4, 0.5) is 5.69 Å². The molecule has 1 aromatic rings. The van der Waals surface area contributed by atoms with Crippen molar-refractivity contribution in [3.8, 4) is 0 Å². The molecule has 5 heteroatoms. The van der Waals surface area contributed by atoms with E-state index in [0.29, 0.717) is 5.69 Å². The molecule has 1 aliphatic rings. The molecule has 1 fully saturated rings. The van der Waals surface area contributed by atoms with Crippen LogP contribution in [0.25, 0.3) is 0 Å². The average molecular weight is 226 g/mol. The zero-order valence-electron chi connectivity index (χ0n) is 8.53. The molecule has 0 aliphatic heterocycles. The second-order valence-corrected chi connectivity index (χ2v) is 5.82. The van der Waals surface area contributed by atoms with Crippen LogP contribution in [-0.2, 0) is 15.6 Å². The summed E-state index contributed by atoms with van der Waals surface area (Å²) in [6.07, 6.45) is 2.96. The number of nitrogens with one attached hydrogen (secondary N) is 1. The fourth-order valence-electron chi connectivity index (χ4n) is 1.61. The summed E-state index contributed by atoms with van der Waals surface area (Å²) in [5.74, 6) is 0. The second-order valence-electron chi connectivity index (χ2n) is 4.08. The van der Waals surface area contributed by atoms with Crippen molar-refractivity contribution in [1.29, 1.82) is 0 Å². The molecule has 1 saturated carbocycles. The Hall–Kier alpha value is -1.07. The fourth-order valence-corrected chi connectivity index (χ4v) is 2.19. The van der Waals surface area contributed by atoms with Crippen LogP contribution in [-0.4, -0.2) is 14.7 Å². The van der Waals surface area contributed by atoms with Crippen LogP contribution in [0.2, 0.25) is 0 Å². The summed E-state index contributed by atoms with van der Waals surface area (Å²) in [6.45, 7) is 0. The summed E-state index contributed by atoms with van der Waals surface area (Å²) >= 11 is 0. The molecule has 0 saturated heterocycles. The monoisotopic (exact) mass is 226 g/mol.